The van der Waals surface area contributed by atoms with E-state index in [0.717, 1.165) is 5.56 Å². The van der Waals surface area contributed by atoms with Crippen molar-refractivity contribution in [2.45, 2.75) is 0 Å². The lowest BCUT2D eigenvalue weighted by Crippen LogP contribution is -2.07. The summed E-state index contributed by atoms with van der Waals surface area (Å²) in [6, 6.07) is 18.7. The van der Waals surface area contributed by atoms with E-state index in [9.17, 15) is 9.90 Å². The first-order valence-corrected chi connectivity index (χ1v) is 7.72. The highest BCUT2D eigenvalue weighted by molar-refractivity contribution is 6.28. The number of rotatable bonds is 3. The highest BCUT2D eigenvalue weighted by atomic mass is 16.3. The molecule has 0 radical (unpaired) electrons. The maximum atomic E-state index is 12.3. The van der Waals surface area contributed by atoms with E-state index >= 15 is 0 Å². The Kier molecular flexibility index (Phi) is 3.63. The van der Waals surface area contributed by atoms with Crippen LogP contribution in [0.15, 0.2) is 81.2 Å². The largest absolute Gasteiger partial charge is 0.493 e. The van der Waals surface area contributed by atoms with Crippen LogP contribution in [-0.2, 0) is 0 Å². The lowest BCUT2D eigenvalue weighted by molar-refractivity contribution is 0.432. The minimum absolute atomic E-state index is 0.156. The summed E-state index contributed by atoms with van der Waals surface area (Å²) in [6.45, 7) is 0. The zero-order chi connectivity index (χ0) is 17.2. The lowest BCUT2D eigenvalue weighted by atomic mass is 10.0. The van der Waals surface area contributed by atoms with Gasteiger partial charge in [0.1, 0.15) is 11.3 Å². The molecule has 2 heterocycles. The second kappa shape index (κ2) is 6.09. The summed E-state index contributed by atoms with van der Waals surface area (Å²) in [6.07, 6.45) is 3.16. The standard InChI is InChI=1S/C19H14N4O2/c24-18-16(19(25)23(22-18)15-9-5-2-6-10-15)11-14-12-20-21-17(14)13-7-3-1-4-8-13/h1-12,25H,(H,22,24)/b14-11+. The minimum Gasteiger partial charge on any atom is -0.493 e. The first-order chi connectivity index (χ1) is 12.2. The molecule has 1 aromatic heterocycles. The summed E-state index contributed by atoms with van der Waals surface area (Å²) in [7, 11) is 0. The van der Waals surface area contributed by atoms with Crippen LogP contribution in [0, 0.1) is 0 Å². The van der Waals surface area contributed by atoms with Gasteiger partial charge in [-0.3, -0.25) is 9.89 Å². The second-order valence-electron chi connectivity index (χ2n) is 5.51. The molecular weight excluding hydrogens is 316 g/mol. The molecule has 6 heteroatoms. The first-order valence-electron chi connectivity index (χ1n) is 7.72. The van der Waals surface area contributed by atoms with Gasteiger partial charge in [0.05, 0.1) is 11.9 Å². The maximum Gasteiger partial charge on any atom is 0.275 e. The van der Waals surface area contributed by atoms with Crippen molar-refractivity contribution in [1.82, 2.24) is 9.78 Å². The second-order valence-corrected chi connectivity index (χ2v) is 5.51. The zero-order valence-corrected chi connectivity index (χ0v) is 13.1. The number of H-pyrrole nitrogens is 1. The summed E-state index contributed by atoms with van der Waals surface area (Å²) in [5, 5.41) is 21.2. The van der Waals surface area contributed by atoms with Crippen molar-refractivity contribution in [3.63, 3.8) is 0 Å². The molecular formula is C19H14N4O2. The maximum absolute atomic E-state index is 12.3. The molecule has 1 aliphatic rings. The van der Waals surface area contributed by atoms with Gasteiger partial charge < -0.3 is 5.11 Å². The van der Waals surface area contributed by atoms with Gasteiger partial charge in [-0.1, -0.05) is 48.5 Å². The molecule has 0 spiro atoms. The number of nitrogens with zero attached hydrogens (tertiary/aromatic N) is 3. The van der Waals surface area contributed by atoms with E-state index in [1.54, 1.807) is 24.4 Å². The minimum atomic E-state index is -0.387. The highest BCUT2D eigenvalue weighted by Gasteiger charge is 2.18. The average molecular weight is 330 g/mol. The lowest BCUT2D eigenvalue weighted by Gasteiger charge is -2.04. The van der Waals surface area contributed by atoms with Gasteiger partial charge in [-0.15, -0.1) is 5.10 Å². The first kappa shape index (κ1) is 14.9. The van der Waals surface area contributed by atoms with Crippen molar-refractivity contribution in [3.05, 3.63) is 87.7 Å². The number of aromatic amines is 1. The van der Waals surface area contributed by atoms with E-state index in [2.05, 4.69) is 15.3 Å². The third kappa shape index (κ3) is 2.70. The fraction of sp³-hybridized carbons (Fsp3) is 0. The van der Waals surface area contributed by atoms with Crippen LogP contribution < -0.4 is 5.56 Å². The van der Waals surface area contributed by atoms with Gasteiger partial charge in [-0.2, -0.15) is 5.10 Å². The van der Waals surface area contributed by atoms with Crippen LogP contribution in [0.2, 0.25) is 0 Å². The molecule has 0 aliphatic carbocycles. The average Bonchev–Trinajstić information content (AvgIpc) is 3.23. The van der Waals surface area contributed by atoms with E-state index in [0.29, 0.717) is 17.0 Å². The number of benzene rings is 2. The van der Waals surface area contributed by atoms with Crippen molar-refractivity contribution < 1.29 is 5.11 Å². The van der Waals surface area contributed by atoms with Gasteiger partial charge in [0.25, 0.3) is 5.56 Å². The molecule has 2 N–H and O–H groups in total. The van der Waals surface area contributed by atoms with E-state index in [-0.39, 0.29) is 17.0 Å². The number of para-hydroxylation sites is 1. The SMILES string of the molecule is O=c1[nH]n(-c2ccccc2)c(O)c1/C=C1\C=NN=C1c1ccccc1. The van der Waals surface area contributed by atoms with Crippen LogP contribution in [0.3, 0.4) is 0 Å². The number of aromatic nitrogens is 2. The molecule has 4 rings (SSSR count). The molecule has 3 aromatic rings. The van der Waals surface area contributed by atoms with Gasteiger partial charge in [-0.25, -0.2) is 4.68 Å². The number of aromatic hydroxyl groups is 1. The third-order valence-electron chi connectivity index (χ3n) is 3.90. The monoisotopic (exact) mass is 330 g/mol. The Hall–Kier alpha value is -3.67. The Morgan fingerprint density at radius 2 is 1.68 bits per heavy atom. The molecule has 0 fully saturated rings. The van der Waals surface area contributed by atoms with Crippen LogP contribution in [0.1, 0.15) is 11.1 Å². The van der Waals surface area contributed by atoms with E-state index in [1.165, 1.54) is 4.68 Å². The number of hydrogen-bond acceptors (Lipinski definition) is 4. The van der Waals surface area contributed by atoms with Gasteiger partial charge in [0, 0.05) is 11.1 Å². The summed E-state index contributed by atoms with van der Waals surface area (Å²) < 4.78 is 1.35. The van der Waals surface area contributed by atoms with E-state index in [4.69, 9.17) is 0 Å². The zero-order valence-electron chi connectivity index (χ0n) is 13.1. The highest BCUT2D eigenvalue weighted by Crippen LogP contribution is 2.22. The summed E-state index contributed by atoms with van der Waals surface area (Å²) in [5.41, 5.74) is 2.66. The van der Waals surface area contributed by atoms with Gasteiger partial charge in [0.15, 0.2) is 0 Å². The molecule has 0 bridgehead atoms. The Morgan fingerprint density at radius 1 is 1.00 bits per heavy atom. The van der Waals surface area contributed by atoms with Crippen molar-refractivity contribution >= 4 is 18.0 Å². The van der Waals surface area contributed by atoms with Crippen molar-refractivity contribution in [1.29, 1.82) is 0 Å². The van der Waals surface area contributed by atoms with E-state index < -0.39 is 0 Å². The number of nitrogens with one attached hydrogen (secondary N) is 1. The summed E-state index contributed by atoms with van der Waals surface area (Å²) in [4.78, 5) is 12.3. The number of allylic oxidation sites excluding steroid dienone is 1. The molecule has 6 nitrogen and oxygen atoms in total. The van der Waals surface area contributed by atoms with Crippen LogP contribution in [0.25, 0.3) is 11.8 Å². The predicted octanol–water partition coefficient (Wildman–Crippen LogP) is 2.74. The van der Waals surface area contributed by atoms with E-state index in [1.807, 2.05) is 48.5 Å². The quantitative estimate of drug-likeness (QED) is 0.774. The molecule has 0 saturated heterocycles. The van der Waals surface area contributed by atoms with Crippen LogP contribution in [-0.4, -0.2) is 26.8 Å². The molecule has 0 saturated carbocycles. The van der Waals surface area contributed by atoms with Gasteiger partial charge >= 0.3 is 0 Å². The van der Waals surface area contributed by atoms with Crippen LogP contribution >= 0.6 is 0 Å². The predicted molar refractivity (Wildman–Crippen MR) is 97.5 cm³/mol. The topological polar surface area (TPSA) is 82.7 Å². The van der Waals surface area contributed by atoms with Crippen LogP contribution in [0.4, 0.5) is 0 Å². The molecule has 2 aromatic carbocycles. The fourth-order valence-electron chi connectivity index (χ4n) is 2.68. The van der Waals surface area contributed by atoms with Crippen molar-refractivity contribution in [2.24, 2.45) is 10.2 Å². The Bertz CT molecular complexity index is 1060. The molecule has 1 aliphatic heterocycles. The summed E-state index contributed by atoms with van der Waals surface area (Å²) >= 11 is 0. The smallest absolute Gasteiger partial charge is 0.275 e. The van der Waals surface area contributed by atoms with Crippen LogP contribution in [0.5, 0.6) is 5.88 Å². The Labute approximate surface area is 143 Å². The molecule has 0 amide bonds. The Morgan fingerprint density at radius 3 is 2.40 bits per heavy atom. The Balaban J connectivity index is 1.78. The van der Waals surface area contributed by atoms with Gasteiger partial charge in [0.2, 0.25) is 5.88 Å². The fourth-order valence-corrected chi connectivity index (χ4v) is 2.68. The third-order valence-corrected chi connectivity index (χ3v) is 3.90. The van der Waals surface area contributed by atoms with Gasteiger partial charge in [-0.05, 0) is 18.2 Å². The molecule has 122 valence electrons. The number of hydrogen-bond donors (Lipinski definition) is 2. The summed E-state index contributed by atoms with van der Waals surface area (Å²) in [5.74, 6) is -0.156. The molecule has 0 atom stereocenters. The van der Waals surface area contributed by atoms with Crippen molar-refractivity contribution in [2.75, 3.05) is 0 Å². The molecule has 25 heavy (non-hydrogen) atoms. The normalized spacial score (nSPS) is 14.9. The molecule has 0 unspecified atom stereocenters. The van der Waals surface area contributed by atoms with Crippen molar-refractivity contribution in [3.8, 4) is 11.6 Å².